The molecule has 0 heterocycles. The van der Waals surface area contributed by atoms with Gasteiger partial charge in [-0.3, -0.25) is 28.8 Å². The van der Waals surface area contributed by atoms with Crippen LogP contribution in [0, 0.1) is 23.7 Å². The summed E-state index contributed by atoms with van der Waals surface area (Å²) in [5, 5.41) is 24.5. The molecule has 5 atom stereocenters. The molecule has 2 unspecified atom stereocenters. The predicted molar refractivity (Wildman–Crippen MR) is 133 cm³/mol. The molecule has 0 bridgehead atoms. The number of carbonyl (C=O) groups is 6. The Kier molecular flexibility index (Phi) is 6.19. The van der Waals surface area contributed by atoms with Crippen molar-refractivity contribution in [1.82, 2.24) is 0 Å². The highest BCUT2D eigenvalue weighted by molar-refractivity contribution is 6.31. The molecule has 2 saturated carbocycles. The van der Waals surface area contributed by atoms with Gasteiger partial charge in [-0.1, -0.05) is 18.2 Å². The molecule has 2 amide bonds. The minimum Gasteiger partial charge on any atom is -0.507 e. The van der Waals surface area contributed by atoms with Crippen LogP contribution < -0.4 is 11.1 Å². The lowest BCUT2D eigenvalue weighted by molar-refractivity contribution is -0.175. The summed E-state index contributed by atoms with van der Waals surface area (Å²) < 4.78 is 0. The van der Waals surface area contributed by atoms with Gasteiger partial charge in [0.2, 0.25) is 11.8 Å². The van der Waals surface area contributed by atoms with Crippen molar-refractivity contribution < 1.29 is 39.0 Å². The fourth-order valence-electron chi connectivity index (χ4n) is 6.17. The smallest absolute Gasteiger partial charge is 0.239 e. The third-order valence-electron chi connectivity index (χ3n) is 7.89. The summed E-state index contributed by atoms with van der Waals surface area (Å²) >= 11 is 5.53. The van der Waals surface area contributed by atoms with Gasteiger partial charge in [-0.15, -0.1) is 11.6 Å². The highest BCUT2D eigenvalue weighted by atomic mass is 35.5. The number of fused-ring (bicyclic) bond motifs is 3. The van der Waals surface area contributed by atoms with Crippen molar-refractivity contribution in [3.05, 3.63) is 47.5 Å². The number of aromatic hydroxyl groups is 1. The van der Waals surface area contributed by atoms with Crippen LogP contribution in [0.1, 0.15) is 28.8 Å². The van der Waals surface area contributed by atoms with Crippen LogP contribution in [0.4, 0.5) is 5.69 Å². The van der Waals surface area contributed by atoms with E-state index in [4.69, 9.17) is 17.3 Å². The number of phenolic OH excluding ortho intramolecular Hbond substituents is 1. The van der Waals surface area contributed by atoms with Crippen molar-refractivity contribution in [3.63, 3.8) is 0 Å². The summed E-state index contributed by atoms with van der Waals surface area (Å²) in [5.41, 5.74) is 4.75. The maximum atomic E-state index is 13.7. The number of primary amides is 1. The molecule has 0 aromatic heterocycles. The van der Waals surface area contributed by atoms with Gasteiger partial charge in [0, 0.05) is 18.0 Å². The fraction of sp³-hybridized carbons (Fsp3) is 0.333. The number of ketones is 4. The zero-order chi connectivity index (χ0) is 27.5. The minimum absolute atomic E-state index is 0.0134. The first-order valence-corrected chi connectivity index (χ1v) is 12.5. The summed E-state index contributed by atoms with van der Waals surface area (Å²) in [6, 6.07) is 9.73. The molecule has 0 radical (unpaired) electrons. The molecule has 5 rings (SSSR count). The molecular weight excluding hydrogens is 516 g/mol. The monoisotopic (exact) mass is 538 g/mol. The summed E-state index contributed by atoms with van der Waals surface area (Å²) in [6.45, 7) is 0. The van der Waals surface area contributed by atoms with Crippen LogP contribution in [-0.4, -0.2) is 56.6 Å². The van der Waals surface area contributed by atoms with Gasteiger partial charge in [0.25, 0.3) is 0 Å². The molecule has 38 heavy (non-hydrogen) atoms. The number of aliphatic hydroxyl groups is 1. The molecule has 5 N–H and O–H groups in total. The summed E-state index contributed by atoms with van der Waals surface area (Å²) in [4.78, 5) is 76.0. The van der Waals surface area contributed by atoms with Gasteiger partial charge >= 0.3 is 0 Å². The molecule has 2 aromatic rings. The third kappa shape index (κ3) is 3.74. The van der Waals surface area contributed by atoms with Crippen molar-refractivity contribution in [2.75, 3.05) is 11.2 Å². The summed E-state index contributed by atoms with van der Waals surface area (Å²) in [6.07, 6.45) is -0.214. The van der Waals surface area contributed by atoms with Crippen molar-refractivity contribution in [1.29, 1.82) is 0 Å². The number of phenols is 1. The molecule has 10 nitrogen and oxygen atoms in total. The van der Waals surface area contributed by atoms with Crippen molar-refractivity contribution >= 4 is 52.2 Å². The Hall–Kier alpha value is -3.89. The lowest BCUT2D eigenvalue weighted by Gasteiger charge is -2.48. The molecule has 2 aromatic carbocycles. The number of hydrogen-bond donors (Lipinski definition) is 4. The Bertz CT molecular complexity index is 1440. The average molecular weight is 539 g/mol. The van der Waals surface area contributed by atoms with Gasteiger partial charge in [0.1, 0.15) is 11.6 Å². The first kappa shape index (κ1) is 25.7. The number of Topliss-reactive ketones (excluding diaryl/α,β-unsaturated/α-hetero) is 4. The Morgan fingerprint density at radius 2 is 1.71 bits per heavy atom. The number of hydrogen-bond acceptors (Lipinski definition) is 8. The number of nitrogens with one attached hydrogen (secondary N) is 1. The first-order chi connectivity index (χ1) is 18.0. The van der Waals surface area contributed by atoms with Crippen LogP contribution in [0.25, 0.3) is 11.1 Å². The number of nitrogens with two attached hydrogens (primary N) is 1. The van der Waals surface area contributed by atoms with Gasteiger partial charge in [0.05, 0.1) is 11.5 Å². The van der Waals surface area contributed by atoms with Gasteiger partial charge in [-0.2, -0.15) is 0 Å². The van der Waals surface area contributed by atoms with Crippen molar-refractivity contribution in [2.45, 2.75) is 24.9 Å². The van der Waals surface area contributed by atoms with Crippen LogP contribution in [0.3, 0.4) is 0 Å². The Labute approximate surface area is 221 Å². The quantitative estimate of drug-likeness (QED) is 0.330. The lowest BCUT2D eigenvalue weighted by Crippen LogP contribution is -2.68. The second-order valence-corrected chi connectivity index (χ2v) is 10.3. The minimum atomic E-state index is -2.68. The van der Waals surface area contributed by atoms with Crippen molar-refractivity contribution in [3.8, 4) is 16.9 Å². The molecule has 11 heteroatoms. The number of anilines is 1. The van der Waals surface area contributed by atoms with E-state index in [1.54, 1.807) is 30.3 Å². The molecular formula is C27H23ClN2O8. The Morgan fingerprint density at radius 3 is 2.34 bits per heavy atom. The maximum Gasteiger partial charge on any atom is 0.239 e. The van der Waals surface area contributed by atoms with E-state index in [-0.39, 0.29) is 35.9 Å². The van der Waals surface area contributed by atoms with Crippen LogP contribution in [0.15, 0.2) is 36.4 Å². The molecule has 0 spiro atoms. The first-order valence-electron chi connectivity index (χ1n) is 12.0. The zero-order valence-electron chi connectivity index (χ0n) is 19.9. The lowest BCUT2D eigenvalue weighted by atomic mass is 9.53. The second-order valence-electron chi connectivity index (χ2n) is 9.98. The number of rotatable bonds is 4. The van der Waals surface area contributed by atoms with E-state index in [2.05, 4.69) is 5.32 Å². The van der Waals surface area contributed by atoms with E-state index < -0.39 is 64.7 Å². The molecule has 0 aliphatic heterocycles. The van der Waals surface area contributed by atoms with Gasteiger partial charge in [-0.25, -0.2) is 0 Å². The third-order valence-corrected chi connectivity index (χ3v) is 8.13. The largest absolute Gasteiger partial charge is 0.507 e. The van der Waals surface area contributed by atoms with E-state index in [0.29, 0.717) is 22.4 Å². The van der Waals surface area contributed by atoms with E-state index in [9.17, 15) is 39.0 Å². The number of carbonyl (C=O) groups excluding carboxylic acids is 6. The molecule has 3 aliphatic rings. The Balaban J connectivity index is 1.54. The number of alkyl halides is 1. The topological polar surface area (TPSA) is 181 Å². The number of amides is 2. The highest BCUT2D eigenvalue weighted by Crippen LogP contribution is 2.51. The average Bonchev–Trinajstić information content (AvgIpc) is 2.86. The van der Waals surface area contributed by atoms with E-state index >= 15 is 0 Å². The molecule has 2 fully saturated rings. The zero-order valence-corrected chi connectivity index (χ0v) is 20.7. The van der Waals surface area contributed by atoms with Crippen molar-refractivity contribution in [2.24, 2.45) is 29.4 Å². The van der Waals surface area contributed by atoms with Gasteiger partial charge in [0.15, 0.2) is 34.7 Å². The van der Waals surface area contributed by atoms with Crippen LogP contribution >= 0.6 is 11.6 Å². The normalized spacial score (nSPS) is 28.3. The van der Waals surface area contributed by atoms with Gasteiger partial charge < -0.3 is 21.3 Å². The highest BCUT2D eigenvalue weighted by Gasteiger charge is 2.66. The molecule has 3 aliphatic carbocycles. The Morgan fingerprint density at radius 1 is 1.03 bits per heavy atom. The molecule has 196 valence electrons. The standard InChI is InChI=1S/C27H23ClN2O8/c28-10-19(33)30-14-3-1-11(2-4-14)15-5-6-17(31)21-16(15)8-12-7-13-9-18(32)22(26(29)37)25(36)27(13,38)24(35)20(12)23(21)34/h1-6,12-13,20,22,31,38H,7-10H2,(H2,29,37)(H,30,33)/t12-,13+,20?,22?,27+/m1/s1. The SMILES string of the molecule is NC(=O)C1C(=O)C[C@@H]2C[C@@H]3Cc4c(-c5ccc(NC(=O)CCl)cc5)ccc(O)c4C(=O)C3C(=O)[C@]2(O)C1=O. The number of benzene rings is 2. The predicted octanol–water partition coefficient (Wildman–Crippen LogP) is 1.17. The molecule has 0 saturated heterocycles. The van der Waals surface area contributed by atoms with Crippen LogP contribution in [-0.2, 0) is 30.4 Å². The van der Waals surface area contributed by atoms with E-state index in [0.717, 1.165) is 0 Å². The fourth-order valence-corrected chi connectivity index (χ4v) is 6.23. The van der Waals surface area contributed by atoms with E-state index in [1.165, 1.54) is 6.07 Å². The van der Waals surface area contributed by atoms with Crippen LogP contribution in [0.2, 0.25) is 0 Å². The second kappa shape index (κ2) is 9.14. The van der Waals surface area contributed by atoms with Crippen LogP contribution in [0.5, 0.6) is 5.75 Å². The van der Waals surface area contributed by atoms with Gasteiger partial charge in [-0.05, 0) is 53.6 Å². The summed E-state index contributed by atoms with van der Waals surface area (Å²) in [7, 11) is 0. The van der Waals surface area contributed by atoms with E-state index in [1.807, 2.05) is 0 Å². The summed E-state index contributed by atoms with van der Waals surface area (Å²) in [5.74, 6) is -11.1. The number of halogens is 1. The maximum absolute atomic E-state index is 13.7.